The molecule has 0 unspecified atom stereocenters. The molecular weight excluding hydrogens is 312 g/mol. The summed E-state index contributed by atoms with van der Waals surface area (Å²) in [7, 11) is 0. The predicted molar refractivity (Wildman–Crippen MR) is 87.5 cm³/mol. The molecule has 120 valence electrons. The summed E-state index contributed by atoms with van der Waals surface area (Å²) < 4.78 is 7.82. The Morgan fingerprint density at radius 2 is 1.65 bits per heavy atom. The lowest BCUT2D eigenvalue weighted by Gasteiger charge is -2.34. The van der Waals surface area contributed by atoms with Crippen molar-refractivity contribution in [2.45, 2.75) is 13.3 Å². The Kier molecular flexibility index (Phi) is 4.66. The molecule has 7 heteroatoms. The Hall–Kier alpha value is -2.28. The molecule has 1 fully saturated rings. The van der Waals surface area contributed by atoms with Gasteiger partial charge in [0.2, 0.25) is 0 Å². The van der Waals surface area contributed by atoms with E-state index in [0.29, 0.717) is 37.4 Å². The Labute approximate surface area is 139 Å². The molecule has 0 aliphatic carbocycles. The molecule has 23 heavy (non-hydrogen) atoms. The van der Waals surface area contributed by atoms with Crippen LogP contribution in [0.2, 0.25) is 0 Å². The third kappa shape index (κ3) is 3.39. The van der Waals surface area contributed by atoms with Gasteiger partial charge < -0.3 is 9.80 Å². The van der Waals surface area contributed by atoms with Gasteiger partial charge in [0.25, 0.3) is 11.8 Å². The molecule has 1 saturated heterocycles. The molecule has 1 aromatic heterocycles. The molecule has 0 N–H and O–H groups in total. The number of nitrogens with zero attached hydrogens (tertiary/aromatic N) is 4. The van der Waals surface area contributed by atoms with E-state index in [1.165, 1.54) is 11.8 Å². The second kappa shape index (κ2) is 6.87. The lowest BCUT2D eigenvalue weighted by Crippen LogP contribution is -2.50. The van der Waals surface area contributed by atoms with Crippen molar-refractivity contribution in [3.8, 4) is 0 Å². The monoisotopic (exact) mass is 330 g/mol. The average molecular weight is 330 g/mol. The summed E-state index contributed by atoms with van der Waals surface area (Å²) >= 11 is 1.03. The number of aromatic nitrogens is 2. The van der Waals surface area contributed by atoms with E-state index < -0.39 is 0 Å². The van der Waals surface area contributed by atoms with Crippen molar-refractivity contribution in [2.24, 2.45) is 0 Å². The maximum atomic E-state index is 12.5. The highest BCUT2D eigenvalue weighted by molar-refractivity contribution is 6.99. The molecule has 6 nitrogen and oxygen atoms in total. The van der Waals surface area contributed by atoms with Crippen molar-refractivity contribution in [1.82, 2.24) is 18.5 Å². The van der Waals surface area contributed by atoms with Gasteiger partial charge in [-0.3, -0.25) is 9.59 Å². The van der Waals surface area contributed by atoms with Gasteiger partial charge in [0.15, 0.2) is 5.69 Å². The summed E-state index contributed by atoms with van der Waals surface area (Å²) in [4.78, 5) is 28.2. The van der Waals surface area contributed by atoms with Gasteiger partial charge in [-0.2, -0.15) is 8.75 Å². The number of aryl methyl sites for hydroxylation is 1. The van der Waals surface area contributed by atoms with Crippen molar-refractivity contribution in [1.29, 1.82) is 0 Å². The van der Waals surface area contributed by atoms with Crippen molar-refractivity contribution in [2.75, 3.05) is 26.2 Å². The van der Waals surface area contributed by atoms with Crippen LogP contribution >= 0.6 is 11.7 Å². The number of hydrogen-bond donors (Lipinski definition) is 0. The van der Waals surface area contributed by atoms with Gasteiger partial charge in [-0.05, 0) is 24.1 Å². The van der Waals surface area contributed by atoms with E-state index in [0.717, 1.165) is 18.1 Å². The average Bonchev–Trinajstić information content (AvgIpc) is 3.15. The first-order valence-electron chi connectivity index (χ1n) is 7.64. The van der Waals surface area contributed by atoms with Crippen LogP contribution in [0.5, 0.6) is 0 Å². The second-order valence-electron chi connectivity index (χ2n) is 5.43. The first-order chi connectivity index (χ1) is 11.2. The van der Waals surface area contributed by atoms with Crippen LogP contribution in [-0.4, -0.2) is 56.5 Å². The van der Waals surface area contributed by atoms with Crippen LogP contribution in [0.15, 0.2) is 30.5 Å². The number of rotatable bonds is 3. The summed E-state index contributed by atoms with van der Waals surface area (Å²) in [5.74, 6) is -0.0896. The first-order valence-corrected chi connectivity index (χ1v) is 8.37. The van der Waals surface area contributed by atoms with E-state index in [1.807, 2.05) is 24.3 Å². The first kappa shape index (κ1) is 15.6. The van der Waals surface area contributed by atoms with E-state index in [9.17, 15) is 9.59 Å². The molecule has 1 aliphatic rings. The van der Waals surface area contributed by atoms with Gasteiger partial charge in [-0.25, -0.2) is 0 Å². The number of carbonyl (C=O) groups excluding carboxylic acids is 2. The summed E-state index contributed by atoms with van der Waals surface area (Å²) in [6.45, 7) is 4.21. The smallest absolute Gasteiger partial charge is 0.275 e. The van der Waals surface area contributed by atoms with Gasteiger partial charge in [-0.1, -0.05) is 19.1 Å². The van der Waals surface area contributed by atoms with Crippen LogP contribution in [0.25, 0.3) is 0 Å². The van der Waals surface area contributed by atoms with Crippen LogP contribution in [-0.2, 0) is 6.42 Å². The normalized spacial score (nSPS) is 14.8. The summed E-state index contributed by atoms with van der Waals surface area (Å²) in [5.41, 5.74) is 2.30. The molecule has 1 aromatic carbocycles. The Bertz CT molecular complexity index is 677. The van der Waals surface area contributed by atoms with Crippen LogP contribution in [0, 0.1) is 0 Å². The topological polar surface area (TPSA) is 66.4 Å². The third-order valence-corrected chi connectivity index (χ3v) is 4.52. The largest absolute Gasteiger partial charge is 0.335 e. The van der Waals surface area contributed by atoms with E-state index in [-0.39, 0.29) is 11.8 Å². The van der Waals surface area contributed by atoms with E-state index in [4.69, 9.17) is 0 Å². The molecule has 0 saturated carbocycles. The SMILES string of the molecule is CCc1ccc(C(=O)N2CCN(C(=O)c3cnsn3)CC2)cc1. The predicted octanol–water partition coefficient (Wildman–Crippen LogP) is 1.70. The fourth-order valence-electron chi connectivity index (χ4n) is 2.60. The van der Waals surface area contributed by atoms with Gasteiger partial charge >= 0.3 is 0 Å². The highest BCUT2D eigenvalue weighted by atomic mass is 32.1. The zero-order chi connectivity index (χ0) is 16.2. The number of hydrogen-bond acceptors (Lipinski definition) is 5. The van der Waals surface area contributed by atoms with Crippen molar-refractivity contribution >= 4 is 23.5 Å². The number of amides is 2. The molecule has 2 heterocycles. The highest BCUT2D eigenvalue weighted by Crippen LogP contribution is 2.12. The zero-order valence-corrected chi connectivity index (χ0v) is 13.8. The minimum atomic E-state index is -0.113. The lowest BCUT2D eigenvalue weighted by atomic mass is 10.1. The second-order valence-corrected chi connectivity index (χ2v) is 5.98. The molecule has 0 spiro atoms. The molecule has 2 amide bonds. The van der Waals surface area contributed by atoms with Gasteiger partial charge in [0, 0.05) is 31.7 Å². The molecule has 1 aliphatic heterocycles. The maximum absolute atomic E-state index is 12.5. The fourth-order valence-corrected chi connectivity index (χ4v) is 3.01. The fraction of sp³-hybridized carbons (Fsp3) is 0.375. The summed E-state index contributed by atoms with van der Waals surface area (Å²) in [5, 5.41) is 0. The molecule has 2 aromatic rings. The van der Waals surface area contributed by atoms with Crippen molar-refractivity contribution in [3.05, 3.63) is 47.3 Å². The van der Waals surface area contributed by atoms with Crippen molar-refractivity contribution in [3.63, 3.8) is 0 Å². The Balaban J connectivity index is 1.59. The van der Waals surface area contributed by atoms with Gasteiger partial charge in [0.05, 0.1) is 17.9 Å². The summed E-state index contributed by atoms with van der Waals surface area (Å²) in [6.07, 6.45) is 2.44. The number of benzene rings is 1. The molecule has 3 rings (SSSR count). The standard InChI is InChI=1S/C16H18N4O2S/c1-2-12-3-5-13(6-4-12)15(21)19-7-9-20(10-8-19)16(22)14-11-17-23-18-14/h3-6,11H,2,7-10H2,1H3. The summed E-state index contributed by atoms with van der Waals surface area (Å²) in [6, 6.07) is 7.73. The van der Waals surface area contributed by atoms with Crippen LogP contribution in [0.3, 0.4) is 0 Å². The Morgan fingerprint density at radius 1 is 1.04 bits per heavy atom. The van der Waals surface area contributed by atoms with Crippen LogP contribution in [0.1, 0.15) is 33.3 Å². The Morgan fingerprint density at radius 3 is 2.17 bits per heavy atom. The molecular formula is C16H18N4O2S. The van der Waals surface area contributed by atoms with Gasteiger partial charge in [0.1, 0.15) is 0 Å². The molecule has 0 atom stereocenters. The molecule has 0 radical (unpaired) electrons. The number of piperazine rings is 1. The van der Waals surface area contributed by atoms with Gasteiger partial charge in [-0.15, -0.1) is 0 Å². The van der Waals surface area contributed by atoms with Crippen LogP contribution in [0.4, 0.5) is 0 Å². The quantitative estimate of drug-likeness (QED) is 0.859. The van der Waals surface area contributed by atoms with Crippen molar-refractivity contribution < 1.29 is 9.59 Å². The van der Waals surface area contributed by atoms with Crippen LogP contribution < -0.4 is 0 Å². The third-order valence-electron chi connectivity index (χ3n) is 4.04. The van der Waals surface area contributed by atoms with E-state index in [2.05, 4.69) is 15.7 Å². The lowest BCUT2D eigenvalue weighted by molar-refractivity contribution is 0.0533. The highest BCUT2D eigenvalue weighted by Gasteiger charge is 2.26. The van der Waals surface area contributed by atoms with E-state index in [1.54, 1.807) is 9.80 Å². The minimum absolute atomic E-state index is 0.0232. The zero-order valence-electron chi connectivity index (χ0n) is 12.9. The number of carbonyl (C=O) groups is 2. The van der Waals surface area contributed by atoms with E-state index >= 15 is 0 Å². The minimum Gasteiger partial charge on any atom is -0.335 e. The maximum Gasteiger partial charge on any atom is 0.275 e. The molecule has 0 bridgehead atoms.